The number of rotatable bonds is 6. The summed E-state index contributed by atoms with van der Waals surface area (Å²) in [6.45, 7) is 2.69. The van der Waals surface area contributed by atoms with Crippen LogP contribution in [0.15, 0.2) is 52.5 Å². The zero-order valence-electron chi connectivity index (χ0n) is 16.6. The predicted octanol–water partition coefficient (Wildman–Crippen LogP) is 2.36. The first-order valence-electron chi connectivity index (χ1n) is 9.44. The van der Waals surface area contributed by atoms with Crippen molar-refractivity contribution in [3.8, 4) is 0 Å². The number of nitrogens with one attached hydrogen (secondary N) is 1. The van der Waals surface area contributed by atoms with Crippen molar-refractivity contribution in [1.29, 1.82) is 0 Å². The van der Waals surface area contributed by atoms with Crippen LogP contribution in [0.25, 0.3) is 0 Å². The standard InChI is InChI=1S/C19H19N7O4S/c1-24-19(21-22-23-24)31-17-7-6-13(12-16(17)26(28)29)18(27)20-14-4-2-3-5-15(14)25-8-10-30-11-9-25/h2-7,12H,8-11H2,1H3,(H,20,27). The Balaban J connectivity index is 1.57. The number of hydrogen-bond donors (Lipinski definition) is 1. The van der Waals surface area contributed by atoms with Gasteiger partial charge in [0.05, 0.1) is 34.4 Å². The highest BCUT2D eigenvalue weighted by Gasteiger charge is 2.21. The molecular weight excluding hydrogens is 422 g/mol. The Labute approximate surface area is 181 Å². The third-order valence-electron chi connectivity index (χ3n) is 4.70. The van der Waals surface area contributed by atoms with Crippen molar-refractivity contribution in [3.63, 3.8) is 0 Å². The van der Waals surface area contributed by atoms with E-state index in [-0.39, 0.29) is 11.3 Å². The van der Waals surface area contributed by atoms with Gasteiger partial charge in [-0.1, -0.05) is 12.1 Å². The number of para-hydroxylation sites is 2. The lowest BCUT2D eigenvalue weighted by atomic mass is 10.1. The number of aryl methyl sites for hydroxylation is 1. The van der Waals surface area contributed by atoms with E-state index in [1.165, 1.54) is 16.8 Å². The fraction of sp³-hybridized carbons (Fsp3) is 0.263. The van der Waals surface area contributed by atoms with Crippen molar-refractivity contribution >= 4 is 34.7 Å². The van der Waals surface area contributed by atoms with E-state index in [4.69, 9.17) is 4.74 Å². The highest BCUT2D eigenvalue weighted by atomic mass is 32.2. The molecule has 2 heterocycles. The number of morpholine rings is 1. The number of hydrogen-bond acceptors (Lipinski definition) is 9. The summed E-state index contributed by atoms with van der Waals surface area (Å²) in [6.07, 6.45) is 0. The monoisotopic (exact) mass is 441 g/mol. The van der Waals surface area contributed by atoms with Crippen molar-refractivity contribution in [2.24, 2.45) is 7.05 Å². The fourth-order valence-electron chi connectivity index (χ4n) is 3.15. The molecule has 160 valence electrons. The molecule has 11 nitrogen and oxygen atoms in total. The van der Waals surface area contributed by atoms with Gasteiger partial charge in [0.15, 0.2) is 0 Å². The summed E-state index contributed by atoms with van der Waals surface area (Å²) in [7, 11) is 1.64. The molecule has 0 aliphatic carbocycles. The summed E-state index contributed by atoms with van der Waals surface area (Å²) in [5.74, 6) is -0.430. The number of amides is 1. The Hall–Kier alpha value is -3.51. The number of benzene rings is 2. The Morgan fingerprint density at radius 1 is 1.23 bits per heavy atom. The zero-order valence-corrected chi connectivity index (χ0v) is 17.4. The van der Waals surface area contributed by atoms with Crippen molar-refractivity contribution in [2.75, 3.05) is 36.5 Å². The van der Waals surface area contributed by atoms with E-state index in [0.29, 0.717) is 29.0 Å². The summed E-state index contributed by atoms with van der Waals surface area (Å²) in [4.78, 5) is 26.5. The molecule has 1 aliphatic heterocycles. The van der Waals surface area contributed by atoms with Crippen molar-refractivity contribution in [2.45, 2.75) is 10.1 Å². The van der Waals surface area contributed by atoms with Crippen LogP contribution in [0.4, 0.5) is 17.1 Å². The molecule has 0 bridgehead atoms. The van der Waals surface area contributed by atoms with Crippen LogP contribution in [0.1, 0.15) is 10.4 Å². The Kier molecular flexibility index (Phi) is 6.09. The van der Waals surface area contributed by atoms with Gasteiger partial charge in [-0.2, -0.15) is 0 Å². The van der Waals surface area contributed by atoms with Gasteiger partial charge in [-0.25, -0.2) is 4.68 Å². The molecule has 1 aromatic heterocycles. The molecule has 3 aromatic rings. The van der Waals surface area contributed by atoms with E-state index in [2.05, 4.69) is 25.7 Å². The van der Waals surface area contributed by atoms with E-state index in [0.717, 1.165) is 30.5 Å². The van der Waals surface area contributed by atoms with Gasteiger partial charge in [0, 0.05) is 31.8 Å². The Morgan fingerprint density at radius 3 is 2.71 bits per heavy atom. The van der Waals surface area contributed by atoms with Gasteiger partial charge in [0.1, 0.15) is 0 Å². The number of carbonyl (C=O) groups excluding carboxylic acids is 1. The highest BCUT2D eigenvalue weighted by Crippen LogP contribution is 2.34. The van der Waals surface area contributed by atoms with E-state index >= 15 is 0 Å². The average Bonchev–Trinajstić information content (AvgIpc) is 3.19. The number of ether oxygens (including phenoxy) is 1. The van der Waals surface area contributed by atoms with Crippen molar-refractivity contribution < 1.29 is 14.5 Å². The lowest BCUT2D eigenvalue weighted by Gasteiger charge is -2.30. The minimum absolute atomic E-state index is 0.184. The number of nitro benzene ring substituents is 1. The summed E-state index contributed by atoms with van der Waals surface area (Å²) >= 11 is 1.06. The number of carbonyl (C=O) groups is 1. The molecule has 1 amide bonds. The van der Waals surface area contributed by atoms with Crippen LogP contribution >= 0.6 is 11.8 Å². The van der Waals surface area contributed by atoms with Crippen LogP contribution < -0.4 is 10.2 Å². The van der Waals surface area contributed by atoms with E-state index < -0.39 is 10.8 Å². The van der Waals surface area contributed by atoms with Crippen LogP contribution in [0.3, 0.4) is 0 Å². The summed E-state index contributed by atoms with van der Waals surface area (Å²) < 4.78 is 6.81. The largest absolute Gasteiger partial charge is 0.378 e. The zero-order chi connectivity index (χ0) is 21.8. The van der Waals surface area contributed by atoms with Gasteiger partial charge in [-0.05, 0) is 46.5 Å². The van der Waals surface area contributed by atoms with Crippen molar-refractivity contribution in [3.05, 3.63) is 58.1 Å². The van der Waals surface area contributed by atoms with E-state index in [9.17, 15) is 14.9 Å². The molecule has 1 aliphatic rings. The molecule has 2 aromatic carbocycles. The smallest absolute Gasteiger partial charge is 0.284 e. The van der Waals surface area contributed by atoms with E-state index in [1.807, 2.05) is 24.3 Å². The minimum atomic E-state index is -0.523. The average molecular weight is 441 g/mol. The Bertz CT molecular complexity index is 1110. The predicted molar refractivity (Wildman–Crippen MR) is 113 cm³/mol. The van der Waals surface area contributed by atoms with Crippen LogP contribution in [-0.4, -0.2) is 57.3 Å². The molecule has 0 unspecified atom stereocenters. The molecule has 31 heavy (non-hydrogen) atoms. The number of anilines is 2. The first-order valence-corrected chi connectivity index (χ1v) is 10.3. The molecule has 1 saturated heterocycles. The van der Waals surface area contributed by atoms with Gasteiger partial charge in [0.2, 0.25) is 5.16 Å². The molecule has 1 N–H and O–H groups in total. The topological polar surface area (TPSA) is 128 Å². The molecule has 0 spiro atoms. The van der Waals surface area contributed by atoms with Crippen molar-refractivity contribution in [1.82, 2.24) is 20.2 Å². The third kappa shape index (κ3) is 4.64. The number of aromatic nitrogens is 4. The van der Waals surface area contributed by atoms with Crippen LogP contribution in [0.5, 0.6) is 0 Å². The molecule has 0 saturated carbocycles. The second kappa shape index (κ2) is 9.10. The maximum absolute atomic E-state index is 12.9. The van der Waals surface area contributed by atoms with Gasteiger partial charge in [-0.15, -0.1) is 5.10 Å². The third-order valence-corrected chi connectivity index (χ3v) is 5.80. The maximum Gasteiger partial charge on any atom is 0.284 e. The maximum atomic E-state index is 12.9. The van der Waals surface area contributed by atoms with Crippen LogP contribution in [-0.2, 0) is 11.8 Å². The second-order valence-corrected chi connectivity index (χ2v) is 7.71. The molecule has 0 radical (unpaired) electrons. The van der Waals surface area contributed by atoms with E-state index in [1.54, 1.807) is 13.1 Å². The summed E-state index contributed by atoms with van der Waals surface area (Å²) in [5, 5.41) is 26.0. The fourth-order valence-corrected chi connectivity index (χ4v) is 3.96. The van der Waals surface area contributed by atoms with Crippen LogP contribution in [0.2, 0.25) is 0 Å². The normalized spacial score (nSPS) is 13.8. The van der Waals surface area contributed by atoms with Crippen LogP contribution in [0, 0.1) is 10.1 Å². The SMILES string of the molecule is Cn1nnnc1Sc1ccc(C(=O)Nc2ccccc2N2CCOCC2)cc1[N+](=O)[O-]. The van der Waals surface area contributed by atoms with Gasteiger partial charge in [0.25, 0.3) is 11.6 Å². The number of nitrogens with zero attached hydrogens (tertiary/aromatic N) is 6. The minimum Gasteiger partial charge on any atom is -0.378 e. The quantitative estimate of drug-likeness (QED) is 0.453. The molecular formula is C19H19N7O4S. The Morgan fingerprint density at radius 2 is 2.00 bits per heavy atom. The first kappa shape index (κ1) is 20.8. The van der Waals surface area contributed by atoms with Gasteiger partial charge < -0.3 is 15.0 Å². The molecule has 1 fully saturated rings. The van der Waals surface area contributed by atoms with Gasteiger partial charge >= 0.3 is 0 Å². The summed E-state index contributed by atoms with van der Waals surface area (Å²) in [6, 6.07) is 11.8. The lowest BCUT2D eigenvalue weighted by molar-refractivity contribution is -0.387. The summed E-state index contributed by atoms with van der Waals surface area (Å²) in [5.41, 5.74) is 1.52. The number of nitro groups is 1. The first-order chi connectivity index (χ1) is 15.0. The molecule has 4 rings (SSSR count). The highest BCUT2D eigenvalue weighted by molar-refractivity contribution is 7.99. The molecule has 12 heteroatoms. The van der Waals surface area contributed by atoms with Gasteiger partial charge in [-0.3, -0.25) is 14.9 Å². The number of tetrazole rings is 1. The lowest BCUT2D eigenvalue weighted by Crippen LogP contribution is -2.36. The molecule has 0 atom stereocenters. The second-order valence-electron chi connectivity index (χ2n) is 6.70.